The quantitative estimate of drug-likeness (QED) is 0.409. The van der Waals surface area contributed by atoms with Crippen LogP contribution in [0.5, 0.6) is 0 Å². The van der Waals surface area contributed by atoms with Gasteiger partial charge in [-0.15, -0.1) is 0 Å². The Morgan fingerprint density at radius 1 is 1.18 bits per heavy atom. The van der Waals surface area contributed by atoms with E-state index in [0.717, 1.165) is 18.4 Å². The number of esters is 2. The molecule has 4 nitrogen and oxygen atoms in total. The van der Waals surface area contributed by atoms with E-state index < -0.39 is 6.10 Å². The number of hydrogen-bond acceptors (Lipinski definition) is 4. The average molecular weight is 391 g/mol. The fourth-order valence-corrected chi connectivity index (χ4v) is 5.77. The van der Waals surface area contributed by atoms with Crippen LogP contribution in [-0.2, 0) is 19.1 Å². The summed E-state index contributed by atoms with van der Waals surface area (Å²) in [5, 5.41) is 0. The number of allylic oxidation sites excluding steroid dienone is 2. The van der Waals surface area contributed by atoms with Gasteiger partial charge in [-0.2, -0.15) is 0 Å². The van der Waals surface area contributed by atoms with E-state index in [9.17, 15) is 9.59 Å². The van der Waals surface area contributed by atoms with Crippen LogP contribution in [0, 0.1) is 16.7 Å². The number of carbonyl (C=O) groups is 2. The Hall–Kier alpha value is -1.58. The summed E-state index contributed by atoms with van der Waals surface area (Å²) in [6, 6.07) is 0. The van der Waals surface area contributed by atoms with Gasteiger partial charge in [0.15, 0.2) is 6.10 Å². The maximum atomic E-state index is 11.5. The first-order valence-electron chi connectivity index (χ1n) is 10.6. The normalized spacial score (nSPS) is 27.6. The molecule has 3 unspecified atom stereocenters. The number of hydrogen-bond donors (Lipinski definition) is 0. The molecule has 0 heterocycles. The van der Waals surface area contributed by atoms with Crippen LogP contribution >= 0.6 is 0 Å². The second-order valence-corrected chi connectivity index (χ2v) is 9.67. The zero-order valence-electron chi connectivity index (χ0n) is 18.7. The van der Waals surface area contributed by atoms with Crippen LogP contribution in [0.2, 0.25) is 0 Å². The van der Waals surface area contributed by atoms with Crippen molar-refractivity contribution in [2.24, 2.45) is 16.7 Å². The molecule has 0 aromatic rings. The lowest BCUT2D eigenvalue weighted by molar-refractivity contribution is -0.154. The van der Waals surface area contributed by atoms with Gasteiger partial charge in [0.2, 0.25) is 0 Å². The molecule has 0 aromatic heterocycles. The minimum atomic E-state index is -0.572. The third-order valence-electron chi connectivity index (χ3n) is 7.14. The van der Waals surface area contributed by atoms with Crippen LogP contribution in [-0.4, -0.2) is 24.6 Å². The second-order valence-electron chi connectivity index (χ2n) is 9.67. The maximum Gasteiger partial charge on any atom is 0.303 e. The fourth-order valence-electron chi connectivity index (χ4n) is 5.77. The van der Waals surface area contributed by atoms with E-state index >= 15 is 0 Å². The zero-order valence-corrected chi connectivity index (χ0v) is 18.7. The Morgan fingerprint density at radius 2 is 1.86 bits per heavy atom. The summed E-state index contributed by atoms with van der Waals surface area (Å²) in [6.07, 6.45) is 7.40. The lowest BCUT2D eigenvalue weighted by Gasteiger charge is -2.55. The number of carbonyl (C=O) groups excluding carboxylic acids is 2. The molecule has 0 radical (unpaired) electrons. The minimum absolute atomic E-state index is 0.0404. The van der Waals surface area contributed by atoms with Crippen LogP contribution < -0.4 is 0 Å². The van der Waals surface area contributed by atoms with E-state index in [2.05, 4.69) is 34.3 Å². The molecule has 3 atom stereocenters. The molecule has 0 aliphatic heterocycles. The fraction of sp³-hybridized carbons (Fsp3) is 0.750. The van der Waals surface area contributed by atoms with Crippen molar-refractivity contribution in [3.63, 3.8) is 0 Å². The maximum absolute atomic E-state index is 11.5. The molecule has 158 valence electrons. The summed E-state index contributed by atoms with van der Waals surface area (Å²) in [7, 11) is 0. The SMILES string of the molecule is C=C(CCC1=C(C)CCC2C(C)(C)CCCC12C)C(COC(C)=O)OC(C)=O. The van der Waals surface area contributed by atoms with Crippen molar-refractivity contribution in [2.75, 3.05) is 6.61 Å². The molecule has 4 heteroatoms. The monoisotopic (exact) mass is 390 g/mol. The zero-order chi connectivity index (χ0) is 21.1. The van der Waals surface area contributed by atoms with E-state index in [1.807, 2.05) is 0 Å². The molecule has 2 aliphatic carbocycles. The first kappa shape index (κ1) is 22.7. The van der Waals surface area contributed by atoms with Gasteiger partial charge in [-0.1, -0.05) is 44.9 Å². The highest BCUT2D eigenvalue weighted by atomic mass is 16.6. The Labute approximate surface area is 170 Å². The van der Waals surface area contributed by atoms with Gasteiger partial charge in [0.05, 0.1) is 0 Å². The largest absolute Gasteiger partial charge is 0.462 e. The summed E-state index contributed by atoms with van der Waals surface area (Å²) in [6.45, 7) is 16.5. The van der Waals surface area contributed by atoms with Gasteiger partial charge in [0.25, 0.3) is 0 Å². The van der Waals surface area contributed by atoms with Gasteiger partial charge in [-0.05, 0) is 67.8 Å². The van der Waals surface area contributed by atoms with E-state index in [4.69, 9.17) is 9.47 Å². The predicted octanol–water partition coefficient (Wildman–Crippen LogP) is 5.76. The first-order valence-corrected chi connectivity index (χ1v) is 10.6. The number of rotatable bonds is 7. The van der Waals surface area contributed by atoms with Crippen molar-refractivity contribution < 1.29 is 19.1 Å². The molecule has 0 bridgehead atoms. The van der Waals surface area contributed by atoms with Crippen LogP contribution in [0.1, 0.15) is 86.5 Å². The third kappa shape index (κ3) is 5.07. The van der Waals surface area contributed by atoms with Crippen LogP contribution in [0.25, 0.3) is 0 Å². The Morgan fingerprint density at radius 3 is 2.46 bits per heavy atom. The van der Waals surface area contributed by atoms with E-state index in [1.165, 1.54) is 51.5 Å². The molecule has 28 heavy (non-hydrogen) atoms. The van der Waals surface area contributed by atoms with Gasteiger partial charge in [0.1, 0.15) is 6.61 Å². The minimum Gasteiger partial charge on any atom is -0.462 e. The number of fused-ring (bicyclic) bond motifs is 1. The molecular formula is C24H38O4. The van der Waals surface area contributed by atoms with Crippen molar-refractivity contribution in [3.05, 3.63) is 23.3 Å². The molecular weight excluding hydrogens is 352 g/mol. The molecule has 0 amide bonds. The van der Waals surface area contributed by atoms with E-state index in [1.54, 1.807) is 5.57 Å². The van der Waals surface area contributed by atoms with E-state index in [-0.39, 0.29) is 24.0 Å². The van der Waals surface area contributed by atoms with Gasteiger partial charge < -0.3 is 9.47 Å². The van der Waals surface area contributed by atoms with Crippen molar-refractivity contribution in [1.82, 2.24) is 0 Å². The highest BCUT2D eigenvalue weighted by Crippen LogP contribution is 2.60. The topological polar surface area (TPSA) is 52.6 Å². The summed E-state index contributed by atoms with van der Waals surface area (Å²) in [4.78, 5) is 22.6. The van der Waals surface area contributed by atoms with Gasteiger partial charge in [-0.3, -0.25) is 9.59 Å². The van der Waals surface area contributed by atoms with Gasteiger partial charge in [0, 0.05) is 13.8 Å². The van der Waals surface area contributed by atoms with E-state index in [0.29, 0.717) is 11.3 Å². The smallest absolute Gasteiger partial charge is 0.303 e. The highest BCUT2D eigenvalue weighted by molar-refractivity contribution is 5.67. The summed E-state index contributed by atoms with van der Waals surface area (Å²) >= 11 is 0. The van der Waals surface area contributed by atoms with Gasteiger partial charge >= 0.3 is 11.9 Å². The standard InChI is InChI=1S/C24H38O4/c1-16-10-12-22-23(5,6)13-8-14-24(22,7)20(16)11-9-17(2)21(28-19(4)26)15-27-18(3)25/h21-22H,2,8-15H2,1,3-7H3. The van der Waals surface area contributed by atoms with Gasteiger partial charge in [-0.25, -0.2) is 0 Å². The molecule has 2 rings (SSSR count). The highest BCUT2D eigenvalue weighted by Gasteiger charge is 2.49. The van der Waals surface area contributed by atoms with Crippen molar-refractivity contribution in [3.8, 4) is 0 Å². The number of ether oxygens (including phenoxy) is 2. The van der Waals surface area contributed by atoms with Crippen molar-refractivity contribution in [2.45, 2.75) is 92.6 Å². The van der Waals surface area contributed by atoms with Crippen LogP contribution in [0.15, 0.2) is 23.3 Å². The first-order chi connectivity index (χ1) is 13.0. The second kappa shape index (κ2) is 8.84. The molecule has 0 spiro atoms. The molecule has 1 fully saturated rings. The average Bonchev–Trinajstić information content (AvgIpc) is 2.56. The Bertz CT molecular complexity index is 658. The van der Waals surface area contributed by atoms with Crippen LogP contribution in [0.4, 0.5) is 0 Å². The third-order valence-corrected chi connectivity index (χ3v) is 7.14. The molecule has 2 aliphatic rings. The Balaban J connectivity index is 2.12. The summed E-state index contributed by atoms with van der Waals surface area (Å²) < 4.78 is 10.4. The lowest BCUT2D eigenvalue weighted by Crippen LogP contribution is -2.45. The predicted molar refractivity (Wildman–Crippen MR) is 112 cm³/mol. The van der Waals surface area contributed by atoms with Crippen LogP contribution in [0.3, 0.4) is 0 Å². The Kier molecular flexibility index (Phi) is 7.17. The molecule has 0 N–H and O–H groups in total. The van der Waals surface area contributed by atoms with Crippen molar-refractivity contribution >= 4 is 11.9 Å². The molecule has 0 aromatic carbocycles. The van der Waals surface area contributed by atoms with Crippen molar-refractivity contribution in [1.29, 1.82) is 0 Å². The molecule has 1 saturated carbocycles. The summed E-state index contributed by atoms with van der Waals surface area (Å²) in [5.41, 5.74) is 4.54. The molecule has 0 saturated heterocycles. The lowest BCUT2D eigenvalue weighted by atomic mass is 9.50. The summed E-state index contributed by atoms with van der Waals surface area (Å²) in [5.74, 6) is -0.0472.